The first-order chi connectivity index (χ1) is 12.0. The number of rotatable bonds is 6. The van der Waals surface area contributed by atoms with Crippen LogP contribution in [0, 0.1) is 0 Å². The average molecular weight is 375 g/mol. The average Bonchev–Trinajstić information content (AvgIpc) is 3.09. The lowest BCUT2D eigenvalue weighted by atomic mass is 10.1. The third kappa shape index (κ3) is 4.77. The van der Waals surface area contributed by atoms with Crippen LogP contribution < -0.4 is 15.8 Å². The summed E-state index contributed by atoms with van der Waals surface area (Å²) in [7, 11) is 0. The first-order valence-electron chi connectivity index (χ1n) is 8.20. The summed E-state index contributed by atoms with van der Waals surface area (Å²) in [5, 5.41) is 5.11. The van der Waals surface area contributed by atoms with E-state index >= 15 is 0 Å². The van der Waals surface area contributed by atoms with Crippen molar-refractivity contribution in [3.8, 4) is 5.75 Å². The van der Waals surface area contributed by atoms with Crippen molar-refractivity contribution in [1.82, 2.24) is 5.32 Å². The Hall–Kier alpha value is -2.50. The quantitative estimate of drug-likeness (QED) is 0.686. The van der Waals surface area contributed by atoms with Crippen LogP contribution in [0.5, 0.6) is 5.75 Å². The van der Waals surface area contributed by atoms with Crippen LogP contribution in [0.15, 0.2) is 59.0 Å². The lowest BCUT2D eigenvalue weighted by Crippen LogP contribution is -2.48. The Morgan fingerprint density at radius 1 is 1.12 bits per heavy atom. The summed E-state index contributed by atoms with van der Waals surface area (Å²) in [4.78, 5) is 12.2. The zero-order valence-corrected chi connectivity index (χ0v) is 15.6. The summed E-state index contributed by atoms with van der Waals surface area (Å²) in [5.41, 5.74) is 5.14. The maximum absolute atomic E-state index is 12.2. The lowest BCUT2D eigenvalue weighted by molar-refractivity contribution is 0.0883. The highest BCUT2D eigenvalue weighted by Crippen LogP contribution is 2.21. The number of nitrogens with two attached hydrogens (primary N) is 1. The predicted octanol–water partition coefficient (Wildman–Crippen LogP) is 3.90. The molecule has 3 rings (SSSR count). The molecule has 26 heavy (non-hydrogen) atoms. The molecule has 0 aliphatic carbocycles. The van der Waals surface area contributed by atoms with Gasteiger partial charge in [0, 0.05) is 12.1 Å². The van der Waals surface area contributed by atoms with Crippen molar-refractivity contribution in [2.45, 2.75) is 26.0 Å². The zero-order chi connectivity index (χ0) is 17.9. The van der Waals surface area contributed by atoms with E-state index in [1.165, 1.54) is 0 Å². The smallest absolute Gasteiger partial charge is 0.287 e. The molecule has 0 bridgehead atoms. The number of nitrogens with one attached hydrogen (secondary N) is 1. The van der Waals surface area contributed by atoms with Gasteiger partial charge in [0.15, 0.2) is 5.76 Å². The van der Waals surface area contributed by atoms with Crippen molar-refractivity contribution in [2.75, 3.05) is 6.54 Å². The van der Waals surface area contributed by atoms with Gasteiger partial charge in [-0.05, 0) is 48.9 Å². The van der Waals surface area contributed by atoms with Crippen LogP contribution in [0.3, 0.4) is 0 Å². The van der Waals surface area contributed by atoms with Crippen LogP contribution in [0.1, 0.15) is 30.2 Å². The molecule has 0 unspecified atom stereocenters. The number of carbonyl (C=O) groups is 1. The summed E-state index contributed by atoms with van der Waals surface area (Å²) in [6, 6.07) is 17.4. The van der Waals surface area contributed by atoms with Gasteiger partial charge in [0.25, 0.3) is 5.91 Å². The molecule has 2 aromatic carbocycles. The fraction of sp³-hybridized carbons (Fsp3) is 0.250. The van der Waals surface area contributed by atoms with E-state index in [0.717, 1.165) is 16.5 Å². The van der Waals surface area contributed by atoms with E-state index in [-0.39, 0.29) is 30.7 Å². The van der Waals surface area contributed by atoms with Gasteiger partial charge in [-0.2, -0.15) is 0 Å². The monoisotopic (exact) mass is 374 g/mol. The van der Waals surface area contributed by atoms with E-state index in [2.05, 4.69) is 11.4 Å². The molecule has 1 aromatic heterocycles. The molecule has 6 heteroatoms. The van der Waals surface area contributed by atoms with Gasteiger partial charge < -0.3 is 20.2 Å². The summed E-state index contributed by atoms with van der Waals surface area (Å²) in [5.74, 6) is 1.31. The number of furan rings is 1. The highest BCUT2D eigenvalue weighted by atomic mass is 35.5. The first-order valence-corrected chi connectivity index (χ1v) is 8.20. The van der Waals surface area contributed by atoms with E-state index in [1.54, 1.807) is 12.1 Å². The first kappa shape index (κ1) is 19.8. The van der Waals surface area contributed by atoms with Gasteiger partial charge in [-0.3, -0.25) is 4.79 Å². The number of benzene rings is 2. The third-order valence-electron chi connectivity index (χ3n) is 3.95. The number of hydrogen-bond donors (Lipinski definition) is 2. The Morgan fingerprint density at radius 2 is 1.85 bits per heavy atom. The van der Waals surface area contributed by atoms with Crippen LogP contribution in [-0.2, 0) is 6.61 Å². The van der Waals surface area contributed by atoms with E-state index in [9.17, 15) is 4.79 Å². The number of halogens is 1. The van der Waals surface area contributed by atoms with E-state index < -0.39 is 5.54 Å². The fourth-order valence-electron chi connectivity index (χ4n) is 2.41. The normalized spacial score (nSPS) is 11.0. The molecule has 0 saturated heterocycles. The highest BCUT2D eigenvalue weighted by Gasteiger charge is 2.21. The van der Waals surface area contributed by atoms with E-state index in [0.29, 0.717) is 12.3 Å². The van der Waals surface area contributed by atoms with Crippen LogP contribution in [0.4, 0.5) is 0 Å². The number of fused-ring (bicyclic) bond motifs is 1. The second-order valence-corrected chi connectivity index (χ2v) is 6.61. The van der Waals surface area contributed by atoms with Crippen molar-refractivity contribution in [3.63, 3.8) is 0 Å². The molecule has 0 aliphatic heterocycles. The Morgan fingerprint density at radius 3 is 2.58 bits per heavy atom. The Bertz CT molecular complexity index is 889. The molecular weight excluding hydrogens is 352 g/mol. The molecule has 0 spiro atoms. The molecular formula is C20H23ClN2O3. The van der Waals surface area contributed by atoms with Crippen molar-refractivity contribution in [2.24, 2.45) is 5.73 Å². The summed E-state index contributed by atoms with van der Waals surface area (Å²) in [6.45, 7) is 4.32. The number of ether oxygens (including phenoxy) is 1. The SMILES string of the molecule is CC(C)(CN)NC(=O)c1ccc(COc2ccc3ccccc3c2)o1.Cl. The summed E-state index contributed by atoms with van der Waals surface area (Å²) >= 11 is 0. The summed E-state index contributed by atoms with van der Waals surface area (Å²) < 4.78 is 11.3. The number of amides is 1. The van der Waals surface area contributed by atoms with Crippen LogP contribution >= 0.6 is 12.4 Å². The summed E-state index contributed by atoms with van der Waals surface area (Å²) in [6.07, 6.45) is 0. The van der Waals surface area contributed by atoms with E-state index in [1.807, 2.05) is 50.2 Å². The minimum atomic E-state index is -0.481. The Kier molecular flexibility index (Phi) is 6.29. The molecule has 3 N–H and O–H groups in total. The molecule has 138 valence electrons. The number of hydrogen-bond acceptors (Lipinski definition) is 4. The van der Waals surface area contributed by atoms with Gasteiger partial charge in [-0.1, -0.05) is 30.3 Å². The molecule has 0 atom stereocenters. The maximum Gasteiger partial charge on any atom is 0.287 e. The van der Waals surface area contributed by atoms with Gasteiger partial charge in [0.2, 0.25) is 0 Å². The van der Waals surface area contributed by atoms with Gasteiger partial charge in [-0.25, -0.2) is 0 Å². The van der Waals surface area contributed by atoms with Crippen molar-refractivity contribution < 1.29 is 13.9 Å². The minimum Gasteiger partial charge on any atom is -0.486 e. The van der Waals surface area contributed by atoms with Crippen molar-refractivity contribution >= 4 is 29.1 Å². The molecule has 0 aliphatic rings. The molecule has 0 radical (unpaired) electrons. The molecule has 1 amide bonds. The van der Waals surface area contributed by atoms with Gasteiger partial charge >= 0.3 is 0 Å². The van der Waals surface area contributed by atoms with Crippen LogP contribution in [0.2, 0.25) is 0 Å². The van der Waals surface area contributed by atoms with E-state index in [4.69, 9.17) is 14.9 Å². The van der Waals surface area contributed by atoms with Crippen molar-refractivity contribution in [3.05, 3.63) is 66.1 Å². The largest absolute Gasteiger partial charge is 0.486 e. The zero-order valence-electron chi connectivity index (χ0n) is 14.8. The van der Waals surface area contributed by atoms with Crippen LogP contribution in [-0.4, -0.2) is 18.0 Å². The van der Waals surface area contributed by atoms with Crippen LogP contribution in [0.25, 0.3) is 10.8 Å². The lowest BCUT2D eigenvalue weighted by Gasteiger charge is -2.23. The Labute approximate surface area is 158 Å². The molecule has 0 fully saturated rings. The third-order valence-corrected chi connectivity index (χ3v) is 3.95. The molecule has 1 heterocycles. The second-order valence-electron chi connectivity index (χ2n) is 6.61. The standard InChI is InChI=1S/C20H22N2O3.ClH/c1-20(2,13-21)22-19(23)18-10-9-17(25-18)12-24-16-8-7-14-5-3-4-6-15(14)11-16;/h3-11H,12-13,21H2,1-2H3,(H,22,23);1H. The van der Waals surface area contributed by atoms with Gasteiger partial charge in [0.1, 0.15) is 18.1 Å². The predicted molar refractivity (Wildman–Crippen MR) is 105 cm³/mol. The molecule has 3 aromatic rings. The van der Waals surface area contributed by atoms with Crippen molar-refractivity contribution in [1.29, 1.82) is 0 Å². The minimum absolute atomic E-state index is 0. The topological polar surface area (TPSA) is 77.5 Å². The maximum atomic E-state index is 12.2. The highest BCUT2D eigenvalue weighted by molar-refractivity contribution is 5.92. The second kappa shape index (κ2) is 8.25. The Balaban J connectivity index is 0.00000243. The van der Waals surface area contributed by atoms with Gasteiger partial charge in [-0.15, -0.1) is 12.4 Å². The molecule has 0 saturated carbocycles. The molecule has 5 nitrogen and oxygen atoms in total. The fourth-order valence-corrected chi connectivity index (χ4v) is 2.41. The number of carbonyl (C=O) groups excluding carboxylic acids is 1. The van der Waals surface area contributed by atoms with Gasteiger partial charge in [0.05, 0.1) is 0 Å².